The summed E-state index contributed by atoms with van der Waals surface area (Å²) in [4.78, 5) is 24.1. The first-order chi connectivity index (χ1) is 12.7. The Morgan fingerprint density at radius 3 is 2.42 bits per heavy atom. The lowest BCUT2D eigenvalue weighted by molar-refractivity contribution is -0.116. The number of ether oxygens (including phenoxy) is 1. The number of nitrogens with one attached hydrogen (secondary N) is 1. The maximum atomic E-state index is 12.0. The summed E-state index contributed by atoms with van der Waals surface area (Å²) in [6, 6.07) is 16.4. The molecule has 0 aliphatic rings. The van der Waals surface area contributed by atoms with Gasteiger partial charge in [-0.1, -0.05) is 41.7 Å². The number of hydrogen-bond acceptors (Lipinski definition) is 6. The third-order valence-electron chi connectivity index (χ3n) is 3.68. The van der Waals surface area contributed by atoms with Crippen molar-refractivity contribution in [3.63, 3.8) is 0 Å². The zero-order valence-corrected chi connectivity index (χ0v) is 15.0. The SMILES string of the molecule is COc1ccc(-c2nnc(NC(=O)CCC(=O)c3ccccc3)s2)cc1. The van der Waals surface area contributed by atoms with Gasteiger partial charge in [-0.3, -0.25) is 9.59 Å². The predicted octanol–water partition coefficient (Wildman–Crippen LogP) is 3.82. The van der Waals surface area contributed by atoms with Gasteiger partial charge in [-0.05, 0) is 24.3 Å². The molecular weight excluding hydrogens is 350 g/mol. The number of ketones is 1. The molecule has 1 aromatic heterocycles. The van der Waals surface area contributed by atoms with Crippen molar-refractivity contribution in [3.8, 4) is 16.3 Å². The second kappa shape index (κ2) is 8.35. The molecule has 0 spiro atoms. The van der Waals surface area contributed by atoms with Crippen LogP contribution in [0.25, 0.3) is 10.6 Å². The fourth-order valence-corrected chi connectivity index (χ4v) is 3.07. The van der Waals surface area contributed by atoms with Gasteiger partial charge in [0.15, 0.2) is 5.78 Å². The van der Waals surface area contributed by atoms with Gasteiger partial charge in [0.2, 0.25) is 11.0 Å². The second-order valence-electron chi connectivity index (χ2n) is 5.48. The van der Waals surface area contributed by atoms with Crippen LogP contribution in [0.3, 0.4) is 0 Å². The van der Waals surface area contributed by atoms with E-state index in [1.807, 2.05) is 30.3 Å². The van der Waals surface area contributed by atoms with E-state index in [9.17, 15) is 9.59 Å². The van der Waals surface area contributed by atoms with Crippen molar-refractivity contribution in [2.75, 3.05) is 12.4 Å². The molecule has 0 aliphatic carbocycles. The van der Waals surface area contributed by atoms with Crippen molar-refractivity contribution >= 4 is 28.2 Å². The standard InChI is InChI=1S/C19H17N3O3S/c1-25-15-9-7-14(8-10-15)18-21-22-19(26-18)20-17(24)12-11-16(23)13-5-3-2-4-6-13/h2-10H,11-12H2,1H3,(H,20,22,24). The highest BCUT2D eigenvalue weighted by molar-refractivity contribution is 7.18. The predicted molar refractivity (Wildman–Crippen MR) is 101 cm³/mol. The van der Waals surface area contributed by atoms with Gasteiger partial charge in [0.1, 0.15) is 10.8 Å². The van der Waals surface area contributed by atoms with Crippen LogP contribution in [-0.2, 0) is 4.79 Å². The summed E-state index contributed by atoms with van der Waals surface area (Å²) >= 11 is 1.28. The Labute approximate surface area is 154 Å². The number of nitrogens with zero attached hydrogens (tertiary/aromatic N) is 2. The average Bonchev–Trinajstić information content (AvgIpc) is 3.15. The molecule has 0 bridgehead atoms. The monoisotopic (exact) mass is 367 g/mol. The summed E-state index contributed by atoms with van der Waals surface area (Å²) in [6.07, 6.45) is 0.255. The molecule has 0 unspecified atom stereocenters. The Bertz CT molecular complexity index is 892. The molecule has 2 aromatic carbocycles. The molecule has 132 valence electrons. The molecule has 0 atom stereocenters. The molecule has 7 heteroatoms. The van der Waals surface area contributed by atoms with E-state index in [1.54, 1.807) is 31.4 Å². The van der Waals surface area contributed by atoms with Gasteiger partial charge in [-0.2, -0.15) is 0 Å². The van der Waals surface area contributed by atoms with Crippen LogP contribution in [0.2, 0.25) is 0 Å². The highest BCUT2D eigenvalue weighted by atomic mass is 32.1. The molecule has 0 aliphatic heterocycles. The fourth-order valence-electron chi connectivity index (χ4n) is 2.30. The van der Waals surface area contributed by atoms with E-state index in [-0.39, 0.29) is 24.5 Å². The fraction of sp³-hybridized carbons (Fsp3) is 0.158. The minimum Gasteiger partial charge on any atom is -0.497 e. The number of amides is 1. The average molecular weight is 367 g/mol. The second-order valence-corrected chi connectivity index (χ2v) is 6.46. The molecule has 3 aromatic rings. The molecule has 1 amide bonds. The summed E-state index contributed by atoms with van der Waals surface area (Å²) < 4.78 is 5.12. The van der Waals surface area contributed by atoms with Gasteiger partial charge < -0.3 is 10.1 Å². The highest BCUT2D eigenvalue weighted by Crippen LogP contribution is 2.27. The summed E-state index contributed by atoms with van der Waals surface area (Å²) in [5, 5.41) is 11.9. The number of carbonyl (C=O) groups is 2. The lowest BCUT2D eigenvalue weighted by atomic mass is 10.1. The lowest BCUT2D eigenvalue weighted by Crippen LogP contribution is -2.13. The van der Waals surface area contributed by atoms with Gasteiger partial charge in [0, 0.05) is 24.0 Å². The van der Waals surface area contributed by atoms with Gasteiger partial charge in [-0.15, -0.1) is 10.2 Å². The van der Waals surface area contributed by atoms with Crippen LogP contribution in [0.5, 0.6) is 5.75 Å². The Balaban J connectivity index is 1.55. The molecule has 6 nitrogen and oxygen atoms in total. The van der Waals surface area contributed by atoms with Crippen molar-refractivity contribution in [2.24, 2.45) is 0 Å². The molecule has 0 saturated heterocycles. The van der Waals surface area contributed by atoms with Crippen molar-refractivity contribution in [1.29, 1.82) is 0 Å². The maximum absolute atomic E-state index is 12.0. The lowest BCUT2D eigenvalue weighted by Gasteiger charge is -2.01. The number of aromatic nitrogens is 2. The molecule has 1 heterocycles. The normalized spacial score (nSPS) is 10.3. The van der Waals surface area contributed by atoms with Gasteiger partial charge in [-0.25, -0.2) is 0 Å². The van der Waals surface area contributed by atoms with E-state index in [0.717, 1.165) is 11.3 Å². The molecule has 0 radical (unpaired) electrons. The van der Waals surface area contributed by atoms with E-state index in [2.05, 4.69) is 15.5 Å². The largest absolute Gasteiger partial charge is 0.497 e. The number of rotatable bonds is 7. The minimum atomic E-state index is -0.258. The van der Waals surface area contributed by atoms with Crippen LogP contribution in [0.1, 0.15) is 23.2 Å². The van der Waals surface area contributed by atoms with Crippen molar-refractivity contribution in [3.05, 3.63) is 60.2 Å². The Morgan fingerprint density at radius 1 is 1.00 bits per heavy atom. The third-order valence-corrected chi connectivity index (χ3v) is 4.57. The first kappa shape index (κ1) is 17.8. The molecule has 0 saturated carbocycles. The summed E-state index contributed by atoms with van der Waals surface area (Å²) in [6.45, 7) is 0. The van der Waals surface area contributed by atoms with Crippen LogP contribution >= 0.6 is 11.3 Å². The molecule has 1 N–H and O–H groups in total. The van der Waals surface area contributed by atoms with Gasteiger partial charge in [0.25, 0.3) is 0 Å². The third kappa shape index (κ3) is 4.52. The molecule has 26 heavy (non-hydrogen) atoms. The van der Waals surface area contributed by atoms with E-state index in [0.29, 0.717) is 15.7 Å². The van der Waals surface area contributed by atoms with E-state index < -0.39 is 0 Å². The Kier molecular flexibility index (Phi) is 5.70. The van der Waals surface area contributed by atoms with E-state index in [4.69, 9.17) is 4.74 Å². The van der Waals surface area contributed by atoms with E-state index in [1.165, 1.54) is 11.3 Å². The van der Waals surface area contributed by atoms with Crippen LogP contribution < -0.4 is 10.1 Å². The number of Topliss-reactive ketones (excluding diaryl/α,β-unsaturated/α-hetero) is 1. The van der Waals surface area contributed by atoms with Crippen molar-refractivity contribution < 1.29 is 14.3 Å². The minimum absolute atomic E-state index is 0.0584. The summed E-state index contributed by atoms with van der Waals surface area (Å²) in [5.41, 5.74) is 1.50. The smallest absolute Gasteiger partial charge is 0.226 e. The van der Waals surface area contributed by atoms with Gasteiger partial charge in [0.05, 0.1) is 7.11 Å². The zero-order chi connectivity index (χ0) is 18.4. The van der Waals surface area contributed by atoms with Crippen molar-refractivity contribution in [1.82, 2.24) is 10.2 Å². The van der Waals surface area contributed by atoms with Crippen LogP contribution in [-0.4, -0.2) is 29.0 Å². The van der Waals surface area contributed by atoms with Crippen LogP contribution in [0, 0.1) is 0 Å². The van der Waals surface area contributed by atoms with Crippen LogP contribution in [0.15, 0.2) is 54.6 Å². The summed E-state index contributed by atoms with van der Waals surface area (Å²) in [7, 11) is 1.61. The number of anilines is 1. The molecular formula is C19H17N3O3S. The Morgan fingerprint density at radius 2 is 1.73 bits per heavy atom. The first-order valence-electron chi connectivity index (χ1n) is 8.02. The molecule has 3 rings (SSSR count). The van der Waals surface area contributed by atoms with Crippen LogP contribution in [0.4, 0.5) is 5.13 Å². The number of carbonyl (C=O) groups excluding carboxylic acids is 2. The number of hydrogen-bond donors (Lipinski definition) is 1. The van der Waals surface area contributed by atoms with Crippen molar-refractivity contribution in [2.45, 2.75) is 12.8 Å². The highest BCUT2D eigenvalue weighted by Gasteiger charge is 2.12. The maximum Gasteiger partial charge on any atom is 0.226 e. The quantitative estimate of drug-likeness (QED) is 0.642. The molecule has 0 fully saturated rings. The van der Waals surface area contributed by atoms with Gasteiger partial charge >= 0.3 is 0 Å². The topological polar surface area (TPSA) is 81.2 Å². The number of benzene rings is 2. The number of methoxy groups -OCH3 is 1. The summed E-state index contributed by atoms with van der Waals surface area (Å²) in [5.74, 6) is 0.443. The first-order valence-corrected chi connectivity index (χ1v) is 8.83. The van der Waals surface area contributed by atoms with E-state index >= 15 is 0 Å². The Hall–Kier alpha value is -3.06. The zero-order valence-electron chi connectivity index (χ0n) is 14.1.